The number of anilines is 1. The molecular formula is C16H16ClNO. The second-order valence-electron chi connectivity index (χ2n) is 4.95. The summed E-state index contributed by atoms with van der Waals surface area (Å²) in [4.78, 5) is 12.4. The van der Waals surface area contributed by atoms with Gasteiger partial charge in [-0.3, -0.25) is 4.79 Å². The Morgan fingerprint density at radius 3 is 2.16 bits per heavy atom. The normalized spacial score (nSPS) is 11.1. The Bertz CT molecular complexity index is 561. The fourth-order valence-electron chi connectivity index (χ4n) is 1.81. The molecule has 0 saturated carbocycles. The maximum atomic E-state index is 12.4. The number of nitrogens with one attached hydrogen (secondary N) is 1. The van der Waals surface area contributed by atoms with Crippen molar-refractivity contribution in [2.75, 3.05) is 5.32 Å². The van der Waals surface area contributed by atoms with E-state index in [1.807, 2.05) is 44.2 Å². The van der Waals surface area contributed by atoms with Crippen molar-refractivity contribution in [1.29, 1.82) is 0 Å². The van der Waals surface area contributed by atoms with Crippen molar-refractivity contribution in [3.63, 3.8) is 0 Å². The minimum absolute atomic E-state index is 0.0407. The maximum Gasteiger partial charge on any atom is 0.234 e. The molecule has 0 radical (unpaired) electrons. The predicted octanol–water partition coefficient (Wildman–Crippen LogP) is 4.26. The quantitative estimate of drug-likeness (QED) is 0.890. The smallest absolute Gasteiger partial charge is 0.234 e. The molecule has 0 aliphatic rings. The average Bonchev–Trinajstić information content (AvgIpc) is 2.42. The Hall–Kier alpha value is -1.80. The Kier molecular flexibility index (Phi) is 3.91. The van der Waals surface area contributed by atoms with Crippen LogP contribution in [0.5, 0.6) is 0 Å². The van der Waals surface area contributed by atoms with E-state index >= 15 is 0 Å². The van der Waals surface area contributed by atoms with Gasteiger partial charge in [0.2, 0.25) is 5.91 Å². The second-order valence-corrected chi connectivity index (χ2v) is 5.39. The van der Waals surface area contributed by atoms with Crippen LogP contribution in [0, 0.1) is 0 Å². The van der Waals surface area contributed by atoms with E-state index in [4.69, 9.17) is 11.6 Å². The van der Waals surface area contributed by atoms with Crippen molar-refractivity contribution in [3.05, 3.63) is 65.2 Å². The fraction of sp³-hybridized carbons (Fsp3) is 0.188. The molecule has 0 fully saturated rings. The average molecular weight is 274 g/mol. The zero-order chi connectivity index (χ0) is 13.9. The summed E-state index contributed by atoms with van der Waals surface area (Å²) in [6.45, 7) is 3.82. The van der Waals surface area contributed by atoms with E-state index < -0.39 is 5.41 Å². The van der Waals surface area contributed by atoms with E-state index in [9.17, 15) is 4.79 Å². The lowest BCUT2D eigenvalue weighted by atomic mass is 9.83. The van der Waals surface area contributed by atoms with Crippen LogP contribution in [0.15, 0.2) is 54.6 Å². The molecule has 3 heteroatoms. The molecule has 0 aliphatic carbocycles. The number of carbonyl (C=O) groups excluding carboxylic acids is 1. The minimum Gasteiger partial charge on any atom is -0.325 e. The molecule has 2 aromatic carbocycles. The molecule has 0 saturated heterocycles. The van der Waals surface area contributed by atoms with E-state index in [-0.39, 0.29) is 5.91 Å². The number of hydrogen-bond donors (Lipinski definition) is 1. The van der Waals surface area contributed by atoms with Gasteiger partial charge in [0.25, 0.3) is 0 Å². The van der Waals surface area contributed by atoms with Gasteiger partial charge in [0.05, 0.1) is 5.41 Å². The van der Waals surface area contributed by atoms with Crippen molar-refractivity contribution in [3.8, 4) is 0 Å². The third-order valence-corrected chi connectivity index (χ3v) is 3.42. The Morgan fingerprint density at radius 1 is 1.00 bits per heavy atom. The van der Waals surface area contributed by atoms with Crippen LogP contribution in [-0.4, -0.2) is 5.91 Å². The number of halogens is 1. The molecule has 19 heavy (non-hydrogen) atoms. The zero-order valence-corrected chi connectivity index (χ0v) is 11.7. The van der Waals surface area contributed by atoms with Crippen LogP contribution in [0.4, 0.5) is 5.69 Å². The summed E-state index contributed by atoms with van der Waals surface area (Å²) in [7, 11) is 0. The van der Waals surface area contributed by atoms with E-state index in [1.165, 1.54) is 0 Å². The third-order valence-electron chi connectivity index (χ3n) is 3.17. The van der Waals surface area contributed by atoms with Crippen molar-refractivity contribution in [1.82, 2.24) is 0 Å². The largest absolute Gasteiger partial charge is 0.325 e. The van der Waals surface area contributed by atoms with Crippen LogP contribution >= 0.6 is 11.6 Å². The first-order valence-electron chi connectivity index (χ1n) is 6.13. The summed E-state index contributed by atoms with van der Waals surface area (Å²) < 4.78 is 0. The van der Waals surface area contributed by atoms with Crippen LogP contribution in [-0.2, 0) is 10.2 Å². The lowest BCUT2D eigenvalue weighted by Crippen LogP contribution is -2.34. The van der Waals surface area contributed by atoms with Gasteiger partial charge in [-0.2, -0.15) is 0 Å². The van der Waals surface area contributed by atoms with Gasteiger partial charge in [-0.15, -0.1) is 0 Å². The first-order valence-corrected chi connectivity index (χ1v) is 6.50. The molecule has 0 atom stereocenters. The van der Waals surface area contributed by atoms with E-state index in [0.29, 0.717) is 5.02 Å². The Labute approximate surface area is 118 Å². The van der Waals surface area contributed by atoms with Crippen LogP contribution in [0.25, 0.3) is 0 Å². The summed E-state index contributed by atoms with van der Waals surface area (Å²) >= 11 is 5.82. The highest BCUT2D eigenvalue weighted by Crippen LogP contribution is 2.25. The minimum atomic E-state index is -0.582. The van der Waals surface area contributed by atoms with Gasteiger partial charge < -0.3 is 5.32 Å². The highest BCUT2D eigenvalue weighted by Gasteiger charge is 2.29. The standard InChI is InChI=1S/C16H16ClNO/c1-16(2,12-6-4-3-5-7-12)15(19)18-14-10-8-13(17)9-11-14/h3-11H,1-2H3,(H,18,19). The monoisotopic (exact) mass is 273 g/mol. The molecule has 0 aromatic heterocycles. The molecule has 0 aliphatic heterocycles. The third kappa shape index (κ3) is 3.15. The van der Waals surface area contributed by atoms with Gasteiger partial charge in [0.1, 0.15) is 0 Å². The van der Waals surface area contributed by atoms with Gasteiger partial charge in [0, 0.05) is 10.7 Å². The summed E-state index contributed by atoms with van der Waals surface area (Å²) in [6, 6.07) is 16.8. The van der Waals surface area contributed by atoms with Crippen LogP contribution in [0.3, 0.4) is 0 Å². The van der Waals surface area contributed by atoms with Gasteiger partial charge >= 0.3 is 0 Å². The summed E-state index contributed by atoms with van der Waals surface area (Å²) in [5.74, 6) is -0.0407. The van der Waals surface area contributed by atoms with Gasteiger partial charge in [-0.1, -0.05) is 41.9 Å². The molecule has 0 bridgehead atoms. The first-order chi connectivity index (χ1) is 9.00. The maximum absolute atomic E-state index is 12.4. The van der Waals surface area contributed by atoms with Crippen molar-refractivity contribution in [2.45, 2.75) is 19.3 Å². The predicted molar refractivity (Wildman–Crippen MR) is 79.5 cm³/mol. The fourth-order valence-corrected chi connectivity index (χ4v) is 1.93. The summed E-state index contributed by atoms with van der Waals surface area (Å²) in [6.07, 6.45) is 0. The van der Waals surface area contributed by atoms with Crippen molar-refractivity contribution >= 4 is 23.2 Å². The highest BCUT2D eigenvalue weighted by atomic mass is 35.5. The Balaban J connectivity index is 2.17. The number of benzene rings is 2. The molecule has 1 amide bonds. The highest BCUT2D eigenvalue weighted by molar-refractivity contribution is 6.30. The Morgan fingerprint density at radius 2 is 1.58 bits per heavy atom. The number of carbonyl (C=O) groups is 1. The molecular weight excluding hydrogens is 258 g/mol. The summed E-state index contributed by atoms with van der Waals surface area (Å²) in [5.41, 5.74) is 1.15. The van der Waals surface area contributed by atoms with E-state index in [1.54, 1.807) is 24.3 Å². The van der Waals surface area contributed by atoms with Gasteiger partial charge in [0.15, 0.2) is 0 Å². The molecule has 1 N–H and O–H groups in total. The molecule has 2 rings (SSSR count). The molecule has 2 nitrogen and oxygen atoms in total. The lowest BCUT2D eigenvalue weighted by molar-refractivity contribution is -0.120. The van der Waals surface area contributed by atoms with Crippen molar-refractivity contribution < 1.29 is 4.79 Å². The van der Waals surface area contributed by atoms with E-state index in [0.717, 1.165) is 11.3 Å². The number of hydrogen-bond acceptors (Lipinski definition) is 1. The number of rotatable bonds is 3. The van der Waals surface area contributed by atoms with Gasteiger partial charge in [-0.05, 0) is 43.7 Å². The topological polar surface area (TPSA) is 29.1 Å². The van der Waals surface area contributed by atoms with Crippen LogP contribution in [0.2, 0.25) is 5.02 Å². The van der Waals surface area contributed by atoms with Crippen molar-refractivity contribution in [2.24, 2.45) is 0 Å². The molecule has 0 spiro atoms. The molecule has 98 valence electrons. The zero-order valence-electron chi connectivity index (χ0n) is 11.0. The second kappa shape index (κ2) is 5.45. The van der Waals surface area contributed by atoms with Gasteiger partial charge in [-0.25, -0.2) is 0 Å². The molecule has 2 aromatic rings. The molecule has 0 heterocycles. The summed E-state index contributed by atoms with van der Waals surface area (Å²) in [5, 5.41) is 3.56. The lowest BCUT2D eigenvalue weighted by Gasteiger charge is -2.24. The van der Waals surface area contributed by atoms with Crippen LogP contribution in [0.1, 0.15) is 19.4 Å². The first kappa shape index (κ1) is 13.6. The number of amides is 1. The SMILES string of the molecule is CC(C)(C(=O)Nc1ccc(Cl)cc1)c1ccccc1. The molecule has 0 unspecified atom stereocenters. The van der Waals surface area contributed by atoms with Crippen LogP contribution < -0.4 is 5.32 Å². The van der Waals surface area contributed by atoms with E-state index in [2.05, 4.69) is 5.32 Å².